The second-order valence-electron chi connectivity index (χ2n) is 3.36. The Morgan fingerprint density at radius 1 is 1.15 bits per heavy atom. The molecule has 0 saturated heterocycles. The van der Waals surface area contributed by atoms with Gasteiger partial charge in [0.15, 0.2) is 5.57 Å². The first-order chi connectivity index (χ1) is 9.33. The molecule has 0 spiro atoms. The van der Waals surface area contributed by atoms with Crippen molar-refractivity contribution in [1.29, 1.82) is 15.8 Å². The first-order valence-electron chi connectivity index (χ1n) is 4.85. The Balaban J connectivity index is 3.27. The highest BCUT2D eigenvalue weighted by molar-refractivity contribution is 7.85. The number of phenols is 1. The summed E-state index contributed by atoms with van der Waals surface area (Å²) in [6.07, 6.45) is 0. The highest BCUT2D eigenvalue weighted by Crippen LogP contribution is 2.27. The van der Waals surface area contributed by atoms with Gasteiger partial charge in [-0.1, -0.05) is 0 Å². The molecule has 0 unspecified atom stereocenters. The minimum absolute atomic E-state index is 0.100. The first kappa shape index (κ1) is 15.0. The van der Waals surface area contributed by atoms with Crippen LogP contribution in [0.2, 0.25) is 0 Å². The van der Waals surface area contributed by atoms with E-state index in [1.807, 2.05) is 0 Å². The Morgan fingerprint density at radius 3 is 2.15 bits per heavy atom. The van der Waals surface area contributed by atoms with Crippen molar-refractivity contribution in [2.75, 3.05) is 5.32 Å². The van der Waals surface area contributed by atoms with E-state index < -0.39 is 32.0 Å². The van der Waals surface area contributed by atoms with Gasteiger partial charge >= 0.3 is 0 Å². The van der Waals surface area contributed by atoms with Crippen molar-refractivity contribution in [2.24, 2.45) is 0 Å². The van der Waals surface area contributed by atoms with E-state index in [0.717, 1.165) is 18.2 Å². The summed E-state index contributed by atoms with van der Waals surface area (Å²) >= 11 is 0. The van der Waals surface area contributed by atoms with Crippen molar-refractivity contribution in [3.8, 4) is 24.0 Å². The maximum atomic E-state index is 10.9. The molecule has 1 aromatic rings. The number of nitriles is 3. The van der Waals surface area contributed by atoms with Crippen molar-refractivity contribution in [3.05, 3.63) is 29.5 Å². The van der Waals surface area contributed by atoms with Crippen LogP contribution >= 0.6 is 0 Å². The molecule has 9 heteroatoms. The average Bonchev–Trinajstić information content (AvgIpc) is 2.39. The predicted octanol–water partition coefficient (Wildman–Crippen LogP) is 0.876. The fourth-order valence-electron chi connectivity index (χ4n) is 1.20. The van der Waals surface area contributed by atoms with Gasteiger partial charge in [0, 0.05) is 6.07 Å². The fraction of sp³-hybridized carbons (Fsp3) is 0. The highest BCUT2D eigenvalue weighted by Gasteiger charge is 2.14. The van der Waals surface area contributed by atoms with Crippen LogP contribution in [0.4, 0.5) is 5.69 Å². The van der Waals surface area contributed by atoms with Crippen LogP contribution in [0, 0.1) is 34.0 Å². The molecule has 0 aliphatic rings. The van der Waals surface area contributed by atoms with E-state index >= 15 is 0 Å². The van der Waals surface area contributed by atoms with Crippen LogP contribution < -0.4 is 5.32 Å². The summed E-state index contributed by atoms with van der Waals surface area (Å²) in [7, 11) is -4.47. The van der Waals surface area contributed by atoms with E-state index in [-0.39, 0.29) is 5.69 Å². The second-order valence-corrected chi connectivity index (χ2v) is 4.79. The lowest BCUT2D eigenvalue weighted by Crippen LogP contribution is -2.02. The monoisotopic (exact) mass is 290 g/mol. The van der Waals surface area contributed by atoms with Gasteiger partial charge in [-0.15, -0.1) is 0 Å². The molecule has 0 heterocycles. The Bertz CT molecular complexity index is 790. The number of rotatable bonds is 3. The molecule has 100 valence electrons. The molecule has 0 aromatic heterocycles. The van der Waals surface area contributed by atoms with E-state index in [4.69, 9.17) is 20.3 Å². The third kappa shape index (κ3) is 3.24. The van der Waals surface area contributed by atoms with Crippen molar-refractivity contribution in [1.82, 2.24) is 0 Å². The smallest absolute Gasteiger partial charge is 0.294 e. The minimum Gasteiger partial charge on any atom is -0.506 e. The summed E-state index contributed by atoms with van der Waals surface area (Å²) < 4.78 is 30.5. The molecule has 20 heavy (non-hydrogen) atoms. The SMILES string of the molecule is N#CC(C#N)=C(C#N)Nc1ccc(S(=O)(=O)O)cc1O. The lowest BCUT2D eigenvalue weighted by atomic mass is 10.2. The minimum atomic E-state index is -4.47. The largest absolute Gasteiger partial charge is 0.506 e. The zero-order chi connectivity index (χ0) is 15.3. The van der Waals surface area contributed by atoms with Crippen LogP contribution in [0.5, 0.6) is 5.75 Å². The van der Waals surface area contributed by atoms with E-state index in [9.17, 15) is 13.5 Å². The number of nitrogens with zero attached hydrogens (tertiary/aromatic N) is 3. The van der Waals surface area contributed by atoms with E-state index in [0.29, 0.717) is 0 Å². The van der Waals surface area contributed by atoms with E-state index in [1.54, 1.807) is 6.07 Å². The topological polar surface area (TPSA) is 158 Å². The molecule has 8 nitrogen and oxygen atoms in total. The fourth-order valence-corrected chi connectivity index (χ4v) is 1.70. The Hall–Kier alpha value is -3.06. The predicted molar refractivity (Wildman–Crippen MR) is 65.4 cm³/mol. The van der Waals surface area contributed by atoms with Gasteiger partial charge in [0.25, 0.3) is 10.1 Å². The van der Waals surface area contributed by atoms with Crippen LogP contribution in [0.1, 0.15) is 0 Å². The molecule has 0 fully saturated rings. The van der Waals surface area contributed by atoms with Gasteiger partial charge in [-0.3, -0.25) is 4.55 Å². The van der Waals surface area contributed by atoms with Crippen molar-refractivity contribution >= 4 is 15.8 Å². The zero-order valence-electron chi connectivity index (χ0n) is 9.69. The van der Waals surface area contributed by atoms with Crippen molar-refractivity contribution in [3.63, 3.8) is 0 Å². The molecule has 1 rings (SSSR count). The Kier molecular flexibility index (Phi) is 4.29. The highest BCUT2D eigenvalue weighted by atomic mass is 32.2. The van der Waals surface area contributed by atoms with Gasteiger partial charge < -0.3 is 10.4 Å². The Labute approximate surface area is 114 Å². The molecular formula is C11H6N4O4S. The number of nitrogens with one attached hydrogen (secondary N) is 1. The maximum absolute atomic E-state index is 10.9. The van der Waals surface area contributed by atoms with Crippen LogP contribution in [0.3, 0.4) is 0 Å². The molecule has 0 bridgehead atoms. The van der Waals surface area contributed by atoms with Crippen LogP contribution in [0.15, 0.2) is 34.4 Å². The molecule has 0 aliphatic carbocycles. The summed E-state index contributed by atoms with van der Waals surface area (Å²) in [4.78, 5) is -0.538. The number of anilines is 1. The summed E-state index contributed by atoms with van der Waals surface area (Å²) in [5.41, 5.74) is -0.993. The quantitative estimate of drug-likeness (QED) is 0.420. The molecule has 1 aromatic carbocycles. The first-order valence-corrected chi connectivity index (χ1v) is 6.29. The second kappa shape index (κ2) is 5.72. The third-order valence-corrected chi connectivity index (χ3v) is 2.96. The number of aromatic hydroxyl groups is 1. The lowest BCUT2D eigenvalue weighted by molar-refractivity contribution is 0.468. The van der Waals surface area contributed by atoms with Crippen LogP contribution in [-0.4, -0.2) is 18.1 Å². The number of hydrogen-bond acceptors (Lipinski definition) is 7. The average molecular weight is 290 g/mol. The summed E-state index contributed by atoms with van der Waals surface area (Å²) in [6, 6.07) is 7.36. The van der Waals surface area contributed by atoms with Gasteiger partial charge in [-0.05, 0) is 12.1 Å². The van der Waals surface area contributed by atoms with Gasteiger partial charge in [0.2, 0.25) is 0 Å². The van der Waals surface area contributed by atoms with Gasteiger partial charge in [-0.2, -0.15) is 24.2 Å². The standard InChI is InChI=1S/C11H6N4O4S/c12-4-7(5-13)10(6-14)15-9-2-1-8(3-11(9)16)20(17,18)19/h1-3,15-16H,(H,17,18,19). The number of benzene rings is 1. The van der Waals surface area contributed by atoms with E-state index in [2.05, 4.69) is 5.32 Å². The zero-order valence-corrected chi connectivity index (χ0v) is 10.5. The molecule has 0 amide bonds. The maximum Gasteiger partial charge on any atom is 0.294 e. The molecule has 3 N–H and O–H groups in total. The summed E-state index contributed by atoms with van der Waals surface area (Å²) in [6.45, 7) is 0. The van der Waals surface area contributed by atoms with E-state index in [1.165, 1.54) is 12.1 Å². The molecule has 0 atom stereocenters. The normalized spacial score (nSPS) is 9.70. The molecular weight excluding hydrogens is 284 g/mol. The van der Waals surface area contributed by atoms with Gasteiger partial charge in [0.1, 0.15) is 29.7 Å². The number of phenolic OH excluding ortho intramolecular Hbond substituents is 1. The van der Waals surface area contributed by atoms with Crippen LogP contribution in [0.25, 0.3) is 0 Å². The summed E-state index contributed by atoms with van der Waals surface area (Å²) in [5.74, 6) is -0.580. The summed E-state index contributed by atoms with van der Waals surface area (Å²) in [5, 5.41) is 38.0. The number of hydrogen-bond donors (Lipinski definition) is 3. The van der Waals surface area contributed by atoms with Crippen molar-refractivity contribution < 1.29 is 18.1 Å². The molecule has 0 aliphatic heterocycles. The van der Waals surface area contributed by atoms with Crippen LogP contribution in [-0.2, 0) is 10.1 Å². The van der Waals surface area contributed by atoms with Crippen molar-refractivity contribution in [2.45, 2.75) is 4.90 Å². The lowest BCUT2D eigenvalue weighted by Gasteiger charge is -2.08. The van der Waals surface area contributed by atoms with Gasteiger partial charge in [0.05, 0.1) is 10.6 Å². The molecule has 0 radical (unpaired) electrons. The third-order valence-electron chi connectivity index (χ3n) is 2.11. The number of allylic oxidation sites excluding steroid dienone is 2. The molecule has 0 saturated carbocycles. The Morgan fingerprint density at radius 2 is 1.75 bits per heavy atom. The van der Waals surface area contributed by atoms with Gasteiger partial charge in [-0.25, -0.2) is 0 Å².